The van der Waals surface area contributed by atoms with Crippen molar-refractivity contribution in [2.24, 2.45) is 0 Å². The number of amides is 1. The summed E-state index contributed by atoms with van der Waals surface area (Å²) in [5, 5.41) is 0. The monoisotopic (exact) mass is 481 g/mol. The minimum Gasteiger partial charge on any atom is -0.454 e. The Balaban J connectivity index is 1.22. The van der Waals surface area contributed by atoms with Crippen LogP contribution in [0.2, 0.25) is 0 Å². The third-order valence-corrected chi connectivity index (χ3v) is 6.93. The second-order valence-corrected chi connectivity index (χ2v) is 9.40. The van der Waals surface area contributed by atoms with E-state index in [1.54, 1.807) is 29.0 Å². The lowest BCUT2D eigenvalue weighted by Crippen LogP contribution is -2.53. The molecule has 0 radical (unpaired) electrons. The van der Waals surface area contributed by atoms with Crippen LogP contribution >= 0.6 is 0 Å². The lowest BCUT2D eigenvalue weighted by atomic mass is 10.1. The fourth-order valence-corrected chi connectivity index (χ4v) is 5.15. The molecule has 0 spiro atoms. The summed E-state index contributed by atoms with van der Waals surface area (Å²) in [5.41, 5.74) is 4.22. The number of piperazine rings is 1. The highest BCUT2D eigenvalue weighted by Crippen LogP contribution is 2.23. The SMILES string of the molecule is Cc1cccc(N2CCN(C(=O)c3ccc(Cn4c(=O)c5cccn5c5cccnc54)o3)C[C@@H]2C)c1. The number of hydrogen-bond donors (Lipinski definition) is 0. The van der Waals surface area contributed by atoms with Crippen molar-refractivity contribution < 1.29 is 9.21 Å². The number of carbonyl (C=O) groups excluding carboxylic acids is 1. The number of fused-ring (bicyclic) bond motifs is 3. The van der Waals surface area contributed by atoms with Gasteiger partial charge in [-0.2, -0.15) is 0 Å². The van der Waals surface area contributed by atoms with E-state index in [2.05, 4.69) is 48.0 Å². The minimum absolute atomic E-state index is 0.130. The molecule has 0 aliphatic carbocycles. The van der Waals surface area contributed by atoms with Gasteiger partial charge in [0.15, 0.2) is 11.4 Å². The van der Waals surface area contributed by atoms with E-state index >= 15 is 0 Å². The van der Waals surface area contributed by atoms with Crippen LogP contribution in [-0.2, 0) is 6.54 Å². The summed E-state index contributed by atoms with van der Waals surface area (Å²) in [7, 11) is 0. The van der Waals surface area contributed by atoms with E-state index < -0.39 is 0 Å². The standard InChI is InChI=1S/C28H27N5O3/c1-19-6-3-7-21(16-19)31-15-14-30(17-20(31)2)28(35)25-11-10-22(36-25)18-33-26-23(8-4-12-29-26)32-13-5-9-24(32)27(33)34/h3-13,16,20H,14-15,17-18H2,1-2H3/t20-/m0/s1. The predicted octanol–water partition coefficient (Wildman–Crippen LogP) is 3.95. The number of furan rings is 1. The number of hydrogen-bond acceptors (Lipinski definition) is 5. The van der Waals surface area contributed by atoms with Gasteiger partial charge in [0.05, 0.1) is 12.1 Å². The van der Waals surface area contributed by atoms with Crippen LogP contribution in [0, 0.1) is 6.92 Å². The first kappa shape index (κ1) is 22.2. The molecule has 6 rings (SSSR count). The highest BCUT2D eigenvalue weighted by Gasteiger charge is 2.29. The molecule has 5 aromatic rings. The van der Waals surface area contributed by atoms with Gasteiger partial charge in [-0.3, -0.25) is 14.2 Å². The molecule has 1 saturated heterocycles. The van der Waals surface area contributed by atoms with Crippen LogP contribution in [0.3, 0.4) is 0 Å². The van der Waals surface area contributed by atoms with Crippen molar-refractivity contribution in [3.05, 3.63) is 100 Å². The Kier molecular flexibility index (Phi) is 5.36. The Hall–Kier alpha value is -4.33. The van der Waals surface area contributed by atoms with Gasteiger partial charge < -0.3 is 18.6 Å². The molecule has 1 aliphatic heterocycles. The van der Waals surface area contributed by atoms with E-state index in [1.165, 1.54) is 11.3 Å². The molecule has 0 N–H and O–H groups in total. The zero-order valence-corrected chi connectivity index (χ0v) is 20.3. The van der Waals surface area contributed by atoms with Gasteiger partial charge in [0.1, 0.15) is 11.3 Å². The lowest BCUT2D eigenvalue weighted by Gasteiger charge is -2.41. The van der Waals surface area contributed by atoms with E-state index in [1.807, 2.05) is 33.7 Å². The Labute approximate surface area is 208 Å². The Morgan fingerprint density at radius 1 is 1.06 bits per heavy atom. The maximum atomic E-state index is 13.3. The van der Waals surface area contributed by atoms with E-state index in [-0.39, 0.29) is 29.8 Å². The Bertz CT molecular complexity index is 1650. The number of anilines is 1. The second-order valence-electron chi connectivity index (χ2n) is 9.40. The molecule has 1 aliphatic rings. The number of aryl methyl sites for hydroxylation is 1. The average molecular weight is 482 g/mol. The first-order chi connectivity index (χ1) is 17.5. The molecule has 182 valence electrons. The van der Waals surface area contributed by atoms with Gasteiger partial charge in [-0.1, -0.05) is 12.1 Å². The molecule has 5 heterocycles. The molecule has 0 bridgehead atoms. The third kappa shape index (κ3) is 3.75. The number of nitrogens with zero attached hydrogens (tertiary/aromatic N) is 5. The van der Waals surface area contributed by atoms with Crippen molar-refractivity contribution in [3.63, 3.8) is 0 Å². The van der Waals surface area contributed by atoms with Crippen molar-refractivity contribution in [3.8, 4) is 0 Å². The summed E-state index contributed by atoms with van der Waals surface area (Å²) in [6.07, 6.45) is 3.52. The quantitative estimate of drug-likeness (QED) is 0.389. The van der Waals surface area contributed by atoms with Crippen molar-refractivity contribution in [2.45, 2.75) is 26.4 Å². The first-order valence-electron chi connectivity index (χ1n) is 12.2. The molecular weight excluding hydrogens is 454 g/mol. The molecule has 8 heteroatoms. The van der Waals surface area contributed by atoms with Crippen LogP contribution in [0.5, 0.6) is 0 Å². The van der Waals surface area contributed by atoms with Gasteiger partial charge in [-0.05, 0) is 67.9 Å². The summed E-state index contributed by atoms with van der Waals surface area (Å²) in [6, 6.07) is 19.5. The van der Waals surface area contributed by atoms with Crippen LogP contribution < -0.4 is 10.5 Å². The smallest absolute Gasteiger partial charge is 0.289 e. The Morgan fingerprint density at radius 2 is 1.92 bits per heavy atom. The number of carbonyl (C=O) groups is 1. The van der Waals surface area contributed by atoms with E-state index in [0.29, 0.717) is 30.0 Å². The summed E-state index contributed by atoms with van der Waals surface area (Å²) < 4.78 is 9.40. The topological polar surface area (TPSA) is 76.0 Å². The summed E-state index contributed by atoms with van der Waals surface area (Å²) >= 11 is 0. The molecule has 4 aromatic heterocycles. The van der Waals surface area contributed by atoms with E-state index in [9.17, 15) is 9.59 Å². The van der Waals surface area contributed by atoms with Gasteiger partial charge >= 0.3 is 0 Å². The maximum Gasteiger partial charge on any atom is 0.289 e. The van der Waals surface area contributed by atoms with Gasteiger partial charge in [-0.25, -0.2) is 4.98 Å². The fraction of sp³-hybridized carbons (Fsp3) is 0.250. The molecule has 1 fully saturated rings. The summed E-state index contributed by atoms with van der Waals surface area (Å²) in [6.45, 7) is 6.41. The van der Waals surface area contributed by atoms with Crippen molar-refractivity contribution in [1.82, 2.24) is 18.9 Å². The molecule has 1 atom stereocenters. The predicted molar refractivity (Wildman–Crippen MR) is 139 cm³/mol. The second kappa shape index (κ2) is 8.71. The fourth-order valence-electron chi connectivity index (χ4n) is 5.15. The summed E-state index contributed by atoms with van der Waals surface area (Å²) in [4.78, 5) is 35.1. The van der Waals surface area contributed by atoms with Gasteiger partial charge in [0, 0.05) is 43.8 Å². The molecule has 1 amide bonds. The molecule has 0 unspecified atom stereocenters. The molecule has 1 aromatic carbocycles. The normalized spacial score (nSPS) is 16.2. The van der Waals surface area contributed by atoms with Gasteiger partial charge in [-0.15, -0.1) is 0 Å². The number of pyridine rings is 1. The van der Waals surface area contributed by atoms with Crippen molar-refractivity contribution in [1.29, 1.82) is 0 Å². The first-order valence-corrected chi connectivity index (χ1v) is 12.2. The van der Waals surface area contributed by atoms with Crippen LogP contribution in [0.25, 0.3) is 16.7 Å². The minimum atomic E-state index is -0.156. The number of aromatic nitrogens is 3. The van der Waals surface area contributed by atoms with E-state index in [4.69, 9.17) is 4.42 Å². The Morgan fingerprint density at radius 3 is 2.75 bits per heavy atom. The zero-order valence-electron chi connectivity index (χ0n) is 20.3. The zero-order chi connectivity index (χ0) is 24.8. The van der Waals surface area contributed by atoms with Crippen LogP contribution in [-0.4, -0.2) is 50.4 Å². The van der Waals surface area contributed by atoms with Gasteiger partial charge in [0.25, 0.3) is 11.5 Å². The number of benzene rings is 1. The highest BCUT2D eigenvalue weighted by atomic mass is 16.4. The highest BCUT2D eigenvalue weighted by molar-refractivity contribution is 5.91. The maximum absolute atomic E-state index is 13.3. The van der Waals surface area contributed by atoms with Crippen LogP contribution in [0.15, 0.2) is 82.3 Å². The number of rotatable bonds is 4. The lowest BCUT2D eigenvalue weighted by molar-refractivity contribution is 0.0692. The third-order valence-electron chi connectivity index (χ3n) is 6.93. The van der Waals surface area contributed by atoms with Crippen molar-refractivity contribution >= 4 is 28.3 Å². The van der Waals surface area contributed by atoms with Crippen LogP contribution in [0.1, 0.15) is 28.8 Å². The van der Waals surface area contributed by atoms with Gasteiger partial charge in [0.2, 0.25) is 0 Å². The molecule has 0 saturated carbocycles. The van der Waals surface area contributed by atoms with E-state index in [0.717, 1.165) is 12.1 Å². The summed E-state index contributed by atoms with van der Waals surface area (Å²) in [5.74, 6) is 0.694. The average Bonchev–Trinajstić information content (AvgIpc) is 3.56. The molecule has 8 nitrogen and oxygen atoms in total. The largest absolute Gasteiger partial charge is 0.454 e. The molecular formula is C28H27N5O3. The molecule has 36 heavy (non-hydrogen) atoms. The van der Waals surface area contributed by atoms with Crippen LogP contribution in [0.4, 0.5) is 5.69 Å². The van der Waals surface area contributed by atoms with Crippen molar-refractivity contribution in [2.75, 3.05) is 24.5 Å².